The predicted molar refractivity (Wildman–Crippen MR) is 129 cm³/mol. The van der Waals surface area contributed by atoms with E-state index >= 15 is 0 Å². The van der Waals surface area contributed by atoms with Crippen LogP contribution >= 0.6 is 11.9 Å². The number of nitrogens with one attached hydrogen (secondary N) is 2. The van der Waals surface area contributed by atoms with Crippen LogP contribution in [-0.2, 0) is 6.54 Å². The lowest BCUT2D eigenvalue weighted by atomic mass is 10.2. The fourth-order valence-electron chi connectivity index (χ4n) is 3.74. The van der Waals surface area contributed by atoms with E-state index in [-0.39, 0.29) is 5.82 Å². The van der Waals surface area contributed by atoms with Crippen molar-refractivity contribution < 1.29 is 8.78 Å². The fraction of sp³-hybridized carbons (Fsp3) is 0.261. The highest BCUT2D eigenvalue weighted by molar-refractivity contribution is 7.97. The molecule has 3 heterocycles. The van der Waals surface area contributed by atoms with Crippen LogP contribution in [0.25, 0.3) is 10.9 Å². The van der Waals surface area contributed by atoms with Crippen molar-refractivity contribution in [3.63, 3.8) is 0 Å². The van der Waals surface area contributed by atoms with Gasteiger partial charge in [0.2, 0.25) is 5.95 Å². The lowest BCUT2D eigenvalue weighted by Gasteiger charge is -2.23. The number of aromatic amines is 1. The molecule has 7 nitrogen and oxygen atoms in total. The van der Waals surface area contributed by atoms with Crippen LogP contribution in [0.15, 0.2) is 53.7 Å². The smallest absolute Gasteiger partial charge is 0.229 e. The van der Waals surface area contributed by atoms with Crippen molar-refractivity contribution in [3.8, 4) is 0 Å². The van der Waals surface area contributed by atoms with Crippen molar-refractivity contribution in [2.75, 3.05) is 30.5 Å². The number of fused-ring (bicyclic) bond motifs is 2. The maximum atomic E-state index is 14.8. The zero-order chi connectivity index (χ0) is 23.4. The van der Waals surface area contributed by atoms with E-state index in [1.807, 2.05) is 36.1 Å². The van der Waals surface area contributed by atoms with E-state index in [1.54, 1.807) is 18.1 Å². The second-order valence-corrected chi connectivity index (χ2v) is 8.35. The third-order valence-corrected chi connectivity index (χ3v) is 6.52. The van der Waals surface area contributed by atoms with Crippen LogP contribution in [0, 0.1) is 5.82 Å². The summed E-state index contributed by atoms with van der Waals surface area (Å²) in [5.41, 5.74) is 3.91. The SMILES string of the molecule is CCN1Cc2ccc(Nc3ncc(F)c(N(CC)c4cccc5[nH]ncc45)n3)cc2S1.CF. The van der Waals surface area contributed by atoms with Crippen LogP contribution in [0.3, 0.4) is 0 Å². The molecule has 0 bridgehead atoms. The molecule has 0 saturated carbocycles. The van der Waals surface area contributed by atoms with Gasteiger partial charge < -0.3 is 10.2 Å². The van der Waals surface area contributed by atoms with Gasteiger partial charge in [-0.05, 0) is 48.7 Å². The minimum absolute atomic E-state index is 0.224. The number of H-pyrrole nitrogens is 1. The maximum absolute atomic E-state index is 14.8. The summed E-state index contributed by atoms with van der Waals surface area (Å²) in [6.07, 6.45) is 2.96. The first-order valence-electron chi connectivity index (χ1n) is 10.6. The Morgan fingerprint density at radius 1 is 1.18 bits per heavy atom. The first-order chi connectivity index (χ1) is 16.2. The molecule has 0 saturated heterocycles. The Labute approximate surface area is 195 Å². The number of rotatable bonds is 6. The van der Waals surface area contributed by atoms with Crippen LogP contribution in [-0.4, -0.2) is 44.7 Å². The molecule has 172 valence electrons. The zero-order valence-corrected chi connectivity index (χ0v) is 19.5. The van der Waals surface area contributed by atoms with Gasteiger partial charge in [-0.2, -0.15) is 10.1 Å². The summed E-state index contributed by atoms with van der Waals surface area (Å²) in [6.45, 7) is 6.59. The Kier molecular flexibility index (Phi) is 7.05. The van der Waals surface area contributed by atoms with Crippen LogP contribution in [0.5, 0.6) is 0 Å². The Morgan fingerprint density at radius 2 is 2.03 bits per heavy atom. The largest absolute Gasteiger partial charge is 0.324 e. The normalized spacial score (nSPS) is 12.9. The molecule has 1 aliphatic heterocycles. The molecular formula is C23H25F2N7S. The lowest BCUT2D eigenvalue weighted by molar-refractivity contribution is 0.507. The quantitative estimate of drug-likeness (QED) is 0.345. The van der Waals surface area contributed by atoms with E-state index in [4.69, 9.17) is 0 Å². The molecule has 2 aromatic heterocycles. The van der Waals surface area contributed by atoms with E-state index in [0.29, 0.717) is 19.7 Å². The molecule has 0 amide bonds. The minimum atomic E-state index is -0.476. The molecule has 0 fully saturated rings. The molecule has 0 spiro atoms. The number of anilines is 4. The molecule has 0 atom stereocenters. The molecular weight excluding hydrogens is 444 g/mol. The predicted octanol–water partition coefficient (Wildman–Crippen LogP) is 5.82. The average Bonchev–Trinajstić information content (AvgIpc) is 3.49. The summed E-state index contributed by atoms with van der Waals surface area (Å²) in [6, 6.07) is 12.0. The lowest BCUT2D eigenvalue weighted by Crippen LogP contribution is -2.20. The minimum Gasteiger partial charge on any atom is -0.324 e. The summed E-state index contributed by atoms with van der Waals surface area (Å²) in [5, 5.41) is 11.2. The number of hydrogen-bond donors (Lipinski definition) is 2. The molecule has 0 aliphatic carbocycles. The van der Waals surface area contributed by atoms with Gasteiger partial charge in [0, 0.05) is 35.6 Å². The maximum Gasteiger partial charge on any atom is 0.229 e. The van der Waals surface area contributed by atoms with E-state index < -0.39 is 5.82 Å². The highest BCUT2D eigenvalue weighted by atomic mass is 32.2. The van der Waals surface area contributed by atoms with Gasteiger partial charge >= 0.3 is 0 Å². The van der Waals surface area contributed by atoms with E-state index in [2.05, 4.69) is 48.8 Å². The monoisotopic (exact) mass is 469 g/mol. The molecule has 0 unspecified atom stereocenters. The van der Waals surface area contributed by atoms with Crippen molar-refractivity contribution in [1.29, 1.82) is 0 Å². The van der Waals surface area contributed by atoms with Crippen LogP contribution in [0.2, 0.25) is 0 Å². The Morgan fingerprint density at radius 3 is 2.82 bits per heavy atom. The first-order valence-corrected chi connectivity index (χ1v) is 11.4. The Balaban J connectivity index is 0.00000126. The van der Waals surface area contributed by atoms with Crippen molar-refractivity contribution in [3.05, 3.63) is 60.2 Å². The summed E-state index contributed by atoms with van der Waals surface area (Å²) in [5.74, 6) is 0.0990. The van der Waals surface area contributed by atoms with Gasteiger partial charge in [-0.3, -0.25) is 9.49 Å². The van der Waals surface area contributed by atoms with Crippen LogP contribution < -0.4 is 10.2 Å². The van der Waals surface area contributed by atoms with Gasteiger partial charge in [0.25, 0.3) is 0 Å². The standard InChI is InChI=1S/C22H22FN7S.CH3F/c1-3-29-13-14-8-9-15(10-20(14)31-29)26-22-24-12-17(23)21(27-22)30(4-2)19-7-5-6-18-16(19)11-25-28-18;1-2/h5-12H,3-4,13H2,1-2H3,(H,25,28)(H,24,26,27);1H3. The van der Waals surface area contributed by atoms with E-state index in [1.165, 1.54) is 16.7 Å². The topological polar surface area (TPSA) is 73.0 Å². The molecule has 4 aromatic rings. The van der Waals surface area contributed by atoms with E-state index in [9.17, 15) is 8.78 Å². The second kappa shape index (κ2) is 10.1. The molecule has 2 aromatic carbocycles. The van der Waals surface area contributed by atoms with Crippen LogP contribution in [0.4, 0.5) is 31.9 Å². The molecule has 0 radical (unpaired) electrons. The van der Waals surface area contributed by atoms with E-state index in [0.717, 1.165) is 35.4 Å². The third kappa shape index (κ3) is 4.62. The van der Waals surface area contributed by atoms with Crippen molar-refractivity contribution in [2.24, 2.45) is 0 Å². The third-order valence-electron chi connectivity index (χ3n) is 5.30. The summed E-state index contributed by atoms with van der Waals surface area (Å²) in [4.78, 5) is 11.7. The van der Waals surface area contributed by atoms with Crippen molar-refractivity contribution in [1.82, 2.24) is 24.5 Å². The molecule has 33 heavy (non-hydrogen) atoms. The zero-order valence-electron chi connectivity index (χ0n) is 18.6. The second-order valence-electron chi connectivity index (χ2n) is 7.21. The summed E-state index contributed by atoms with van der Waals surface area (Å²) in [7, 11) is 0.500. The highest BCUT2D eigenvalue weighted by Gasteiger charge is 2.20. The highest BCUT2D eigenvalue weighted by Crippen LogP contribution is 2.38. The first kappa shape index (κ1) is 22.9. The Hall–Kier alpha value is -3.24. The number of halogens is 2. The van der Waals surface area contributed by atoms with Crippen LogP contribution in [0.1, 0.15) is 19.4 Å². The average molecular weight is 470 g/mol. The van der Waals surface area contributed by atoms with Gasteiger partial charge in [-0.1, -0.05) is 19.1 Å². The summed E-state index contributed by atoms with van der Waals surface area (Å²) >= 11 is 1.75. The molecule has 10 heteroatoms. The summed E-state index contributed by atoms with van der Waals surface area (Å²) < 4.78 is 26.6. The molecule has 5 rings (SSSR count). The van der Waals surface area contributed by atoms with Crippen molar-refractivity contribution in [2.45, 2.75) is 25.3 Å². The molecule has 2 N–H and O–H groups in total. The number of alkyl halides is 1. The van der Waals surface area contributed by atoms with Gasteiger partial charge in [0.05, 0.1) is 30.8 Å². The number of aromatic nitrogens is 4. The van der Waals surface area contributed by atoms with Gasteiger partial charge in [-0.25, -0.2) is 13.7 Å². The number of nitrogens with zero attached hydrogens (tertiary/aromatic N) is 5. The Bertz CT molecular complexity index is 1250. The number of hydrogen-bond acceptors (Lipinski definition) is 7. The van der Waals surface area contributed by atoms with Gasteiger partial charge in [0.1, 0.15) is 0 Å². The van der Waals surface area contributed by atoms with Crippen molar-refractivity contribution >= 4 is 46.0 Å². The fourth-order valence-corrected chi connectivity index (χ4v) is 4.78. The molecule has 1 aliphatic rings. The van der Waals surface area contributed by atoms with Gasteiger partial charge in [-0.15, -0.1) is 0 Å². The number of benzene rings is 2. The van der Waals surface area contributed by atoms with Gasteiger partial charge in [0.15, 0.2) is 11.6 Å².